The summed E-state index contributed by atoms with van der Waals surface area (Å²) in [4.78, 5) is 30.6. The minimum absolute atomic E-state index is 0.154. The number of likely N-dealkylation sites (tertiary alicyclic amines) is 1. The summed E-state index contributed by atoms with van der Waals surface area (Å²) in [5.41, 5.74) is 2.00. The third-order valence-corrected chi connectivity index (χ3v) is 4.41. The molecule has 1 saturated heterocycles. The van der Waals surface area contributed by atoms with Gasteiger partial charge in [0.2, 0.25) is 5.91 Å². The molecule has 2 aromatic rings. The molecule has 1 amide bonds. The van der Waals surface area contributed by atoms with E-state index >= 15 is 0 Å². The molecule has 1 aromatic heterocycles. The van der Waals surface area contributed by atoms with Gasteiger partial charge in [0.1, 0.15) is 5.82 Å². The summed E-state index contributed by atoms with van der Waals surface area (Å²) in [6, 6.07) is 7.88. The van der Waals surface area contributed by atoms with Crippen LogP contribution >= 0.6 is 11.6 Å². The number of carboxylic acid groups (broad SMARTS) is 1. The lowest BCUT2D eigenvalue weighted by Gasteiger charge is -2.20. The molecule has 28 heavy (non-hydrogen) atoms. The van der Waals surface area contributed by atoms with Crippen LogP contribution in [-0.4, -0.2) is 50.6 Å². The van der Waals surface area contributed by atoms with Crippen molar-refractivity contribution >= 4 is 23.5 Å². The van der Waals surface area contributed by atoms with Crippen molar-refractivity contribution in [3.63, 3.8) is 0 Å². The van der Waals surface area contributed by atoms with Crippen molar-refractivity contribution in [2.24, 2.45) is 0 Å². The molecule has 1 aliphatic rings. The number of H-pyrrole nitrogens is 1. The molecule has 3 rings (SSSR count). The standard InChI is InChI=1S/C16H18ClN3O.C2HF3O2/c1-10(2)20-9-12(7-15(20)21)16-18-8-14(19-16)11-3-5-13(17)6-4-11;3-2(4,5)1(6)7/h3-6,8,10,12H,7,9H2,1-2H3,(H,18,19);(H,6,7). The number of nitrogens with one attached hydrogen (secondary N) is 1. The lowest BCUT2D eigenvalue weighted by Crippen LogP contribution is -2.31. The fourth-order valence-electron chi connectivity index (χ4n) is 2.73. The highest BCUT2D eigenvalue weighted by molar-refractivity contribution is 6.30. The highest BCUT2D eigenvalue weighted by Crippen LogP contribution is 2.29. The third-order valence-electron chi connectivity index (χ3n) is 4.16. The first-order valence-corrected chi connectivity index (χ1v) is 8.77. The Labute approximate surface area is 164 Å². The number of nitrogens with zero attached hydrogens (tertiary/aromatic N) is 2. The number of carboxylic acids is 1. The zero-order chi connectivity index (χ0) is 21.1. The number of amides is 1. The van der Waals surface area contributed by atoms with Crippen LogP contribution in [-0.2, 0) is 9.59 Å². The second-order valence-electron chi connectivity index (χ2n) is 6.53. The maximum Gasteiger partial charge on any atom is 0.490 e. The Hall–Kier alpha value is -2.55. The number of aromatic nitrogens is 2. The summed E-state index contributed by atoms with van der Waals surface area (Å²) in [5.74, 6) is -1.51. The van der Waals surface area contributed by atoms with Gasteiger partial charge in [0.25, 0.3) is 0 Å². The highest BCUT2D eigenvalue weighted by Gasteiger charge is 2.38. The molecule has 0 radical (unpaired) electrons. The number of carbonyl (C=O) groups excluding carboxylic acids is 1. The van der Waals surface area contributed by atoms with Gasteiger partial charge in [-0.2, -0.15) is 13.2 Å². The third kappa shape index (κ3) is 5.48. The topological polar surface area (TPSA) is 86.3 Å². The molecule has 0 aliphatic carbocycles. The molecule has 152 valence electrons. The maximum atomic E-state index is 12.0. The Morgan fingerprint density at radius 2 is 1.89 bits per heavy atom. The molecule has 1 unspecified atom stereocenters. The van der Waals surface area contributed by atoms with Crippen molar-refractivity contribution < 1.29 is 27.9 Å². The first-order chi connectivity index (χ1) is 13.0. The molecule has 1 aromatic carbocycles. The Kier molecular flexibility index (Phi) is 6.71. The fourth-order valence-corrected chi connectivity index (χ4v) is 2.86. The van der Waals surface area contributed by atoms with E-state index in [9.17, 15) is 18.0 Å². The van der Waals surface area contributed by atoms with E-state index in [1.807, 2.05) is 49.2 Å². The van der Waals surface area contributed by atoms with Crippen LogP contribution in [0.2, 0.25) is 5.02 Å². The number of aromatic amines is 1. The summed E-state index contributed by atoms with van der Waals surface area (Å²) in [5, 5.41) is 7.84. The zero-order valence-electron chi connectivity index (χ0n) is 15.1. The van der Waals surface area contributed by atoms with Crippen molar-refractivity contribution in [3.05, 3.63) is 41.3 Å². The number of hydrogen-bond donors (Lipinski definition) is 2. The van der Waals surface area contributed by atoms with Crippen LogP contribution in [0.25, 0.3) is 11.3 Å². The number of rotatable bonds is 3. The van der Waals surface area contributed by atoms with E-state index in [1.54, 1.807) is 0 Å². The Morgan fingerprint density at radius 1 is 1.32 bits per heavy atom. The van der Waals surface area contributed by atoms with Gasteiger partial charge >= 0.3 is 12.1 Å². The van der Waals surface area contributed by atoms with Crippen LogP contribution in [0.4, 0.5) is 13.2 Å². The van der Waals surface area contributed by atoms with E-state index < -0.39 is 12.1 Å². The Balaban J connectivity index is 0.000000345. The number of benzene rings is 1. The van der Waals surface area contributed by atoms with E-state index in [-0.39, 0.29) is 17.9 Å². The van der Waals surface area contributed by atoms with Crippen LogP contribution in [0.5, 0.6) is 0 Å². The molecule has 2 heterocycles. The molecule has 10 heteroatoms. The number of alkyl halides is 3. The van der Waals surface area contributed by atoms with Crippen LogP contribution in [0.3, 0.4) is 0 Å². The SMILES string of the molecule is CC(C)N1CC(c2ncc(-c3ccc(Cl)cc3)[nH]2)CC1=O.O=C(O)C(F)(F)F. The van der Waals surface area contributed by atoms with E-state index in [0.29, 0.717) is 11.4 Å². The van der Waals surface area contributed by atoms with Gasteiger partial charge < -0.3 is 15.0 Å². The molecule has 1 aliphatic heterocycles. The van der Waals surface area contributed by atoms with Gasteiger partial charge in [0.05, 0.1) is 11.9 Å². The van der Waals surface area contributed by atoms with E-state index in [0.717, 1.165) is 23.6 Å². The largest absolute Gasteiger partial charge is 0.490 e. The Morgan fingerprint density at radius 3 is 2.36 bits per heavy atom. The van der Waals surface area contributed by atoms with Crippen LogP contribution in [0.1, 0.15) is 32.0 Å². The normalized spacial score (nSPS) is 16.9. The lowest BCUT2D eigenvalue weighted by atomic mass is 10.1. The van der Waals surface area contributed by atoms with Gasteiger partial charge in [0.15, 0.2) is 0 Å². The lowest BCUT2D eigenvalue weighted by molar-refractivity contribution is -0.192. The van der Waals surface area contributed by atoms with Gasteiger partial charge in [0, 0.05) is 29.9 Å². The summed E-state index contributed by atoms with van der Waals surface area (Å²) < 4.78 is 31.7. The molecule has 0 bridgehead atoms. The average Bonchev–Trinajstić information content (AvgIpc) is 3.22. The quantitative estimate of drug-likeness (QED) is 0.787. The molecule has 6 nitrogen and oxygen atoms in total. The number of hydrogen-bond acceptors (Lipinski definition) is 3. The summed E-state index contributed by atoms with van der Waals surface area (Å²) in [6.45, 7) is 4.83. The zero-order valence-corrected chi connectivity index (χ0v) is 15.9. The van der Waals surface area contributed by atoms with Crippen LogP contribution < -0.4 is 0 Å². The van der Waals surface area contributed by atoms with Gasteiger partial charge in [-0.3, -0.25) is 4.79 Å². The smallest absolute Gasteiger partial charge is 0.475 e. The summed E-state index contributed by atoms with van der Waals surface area (Å²) in [7, 11) is 0. The molecular weight excluding hydrogens is 399 g/mol. The predicted octanol–water partition coefficient (Wildman–Crippen LogP) is 4.09. The maximum absolute atomic E-state index is 12.0. The van der Waals surface area contributed by atoms with E-state index in [1.165, 1.54) is 0 Å². The van der Waals surface area contributed by atoms with Crippen molar-refractivity contribution in [2.75, 3.05) is 6.54 Å². The van der Waals surface area contributed by atoms with Crippen LogP contribution in [0, 0.1) is 0 Å². The fraction of sp³-hybridized carbons (Fsp3) is 0.389. The average molecular weight is 418 g/mol. The first kappa shape index (κ1) is 21.7. The minimum atomic E-state index is -5.08. The number of imidazole rings is 1. The molecule has 1 atom stereocenters. The summed E-state index contributed by atoms with van der Waals surface area (Å²) >= 11 is 5.90. The number of halogens is 4. The van der Waals surface area contributed by atoms with Gasteiger partial charge in [-0.15, -0.1) is 0 Å². The highest BCUT2D eigenvalue weighted by atomic mass is 35.5. The van der Waals surface area contributed by atoms with Gasteiger partial charge in [-0.25, -0.2) is 9.78 Å². The summed E-state index contributed by atoms with van der Waals surface area (Å²) in [6.07, 6.45) is -2.73. The molecule has 2 N–H and O–H groups in total. The second kappa shape index (κ2) is 8.64. The molecule has 0 spiro atoms. The minimum Gasteiger partial charge on any atom is -0.475 e. The van der Waals surface area contributed by atoms with Crippen LogP contribution in [0.15, 0.2) is 30.5 Å². The van der Waals surface area contributed by atoms with E-state index in [4.69, 9.17) is 21.5 Å². The van der Waals surface area contributed by atoms with Crippen molar-refractivity contribution in [3.8, 4) is 11.3 Å². The molecular formula is C18H19ClF3N3O3. The first-order valence-electron chi connectivity index (χ1n) is 8.39. The monoisotopic (exact) mass is 417 g/mol. The number of aliphatic carboxylic acids is 1. The van der Waals surface area contributed by atoms with E-state index in [2.05, 4.69) is 9.97 Å². The molecule has 1 fully saturated rings. The second-order valence-corrected chi connectivity index (χ2v) is 6.97. The Bertz CT molecular complexity index is 835. The van der Waals surface area contributed by atoms with Crippen molar-refractivity contribution in [1.82, 2.24) is 14.9 Å². The predicted molar refractivity (Wildman–Crippen MR) is 96.9 cm³/mol. The van der Waals surface area contributed by atoms with Crippen molar-refractivity contribution in [1.29, 1.82) is 0 Å². The van der Waals surface area contributed by atoms with Gasteiger partial charge in [-0.05, 0) is 31.5 Å². The van der Waals surface area contributed by atoms with Gasteiger partial charge in [-0.1, -0.05) is 23.7 Å². The number of carbonyl (C=O) groups is 2. The van der Waals surface area contributed by atoms with Crippen molar-refractivity contribution in [2.45, 2.75) is 38.4 Å². The molecule has 0 saturated carbocycles.